The molecule has 0 aliphatic carbocycles. The predicted molar refractivity (Wildman–Crippen MR) is 169 cm³/mol. The highest BCUT2D eigenvalue weighted by Gasteiger charge is 2.49. The molecule has 284 valence electrons. The van der Waals surface area contributed by atoms with E-state index in [0.29, 0.717) is 4.91 Å². The third-order valence-corrected chi connectivity index (χ3v) is 12.0. The van der Waals surface area contributed by atoms with Gasteiger partial charge in [0, 0.05) is 24.4 Å². The topological polar surface area (TPSA) is 381 Å². The summed E-state index contributed by atoms with van der Waals surface area (Å²) in [6.07, 6.45) is -9.56. The van der Waals surface area contributed by atoms with Gasteiger partial charge in [-0.1, -0.05) is 0 Å². The second-order valence-electron chi connectivity index (χ2n) is 11.5. The van der Waals surface area contributed by atoms with E-state index in [1.807, 2.05) is 0 Å². The summed E-state index contributed by atoms with van der Waals surface area (Å²) in [7, 11) is -10.9. The molecule has 27 heteroatoms. The summed E-state index contributed by atoms with van der Waals surface area (Å²) >= 11 is 1.05. The Hall–Kier alpha value is -2.68. The van der Waals surface area contributed by atoms with Crippen molar-refractivity contribution in [2.24, 2.45) is 11.5 Å². The number of carbonyl (C=O) groups excluding carboxylic acids is 1. The lowest BCUT2D eigenvalue weighted by molar-refractivity contribution is -0.137. The molecule has 0 radical (unpaired) electrons. The summed E-state index contributed by atoms with van der Waals surface area (Å²) in [5.41, 5.74) is 17.2. The van der Waals surface area contributed by atoms with Crippen molar-refractivity contribution in [3.63, 3.8) is 0 Å². The van der Waals surface area contributed by atoms with Crippen LogP contribution in [0.2, 0.25) is 0 Å². The molecular weight excluding hydrogens is 750 g/mol. The van der Waals surface area contributed by atoms with E-state index in [9.17, 15) is 48.9 Å². The van der Waals surface area contributed by atoms with Crippen LogP contribution in [0.3, 0.4) is 0 Å². The minimum atomic E-state index is -5.43. The molecule has 3 aliphatic rings. The van der Waals surface area contributed by atoms with Crippen LogP contribution in [0.25, 0.3) is 11.2 Å². The van der Waals surface area contributed by atoms with Crippen molar-refractivity contribution >= 4 is 56.3 Å². The third kappa shape index (κ3) is 8.93. The number of carbonyl (C=O) groups is 2. The lowest BCUT2D eigenvalue weighted by Crippen LogP contribution is -2.48. The van der Waals surface area contributed by atoms with E-state index in [2.05, 4.69) is 19.3 Å². The average Bonchev–Trinajstić information content (AvgIpc) is 3.71. The van der Waals surface area contributed by atoms with Gasteiger partial charge >= 0.3 is 21.6 Å². The summed E-state index contributed by atoms with van der Waals surface area (Å²) in [5.74, 6) is -2.04. The van der Waals surface area contributed by atoms with Gasteiger partial charge in [0.05, 0.1) is 19.5 Å². The Balaban J connectivity index is 1.13. The van der Waals surface area contributed by atoms with Crippen molar-refractivity contribution in [1.82, 2.24) is 24.4 Å². The number of anilines is 1. The normalized spacial score (nSPS) is 31.8. The van der Waals surface area contributed by atoms with Gasteiger partial charge in [0.2, 0.25) is 5.91 Å². The number of imidazole rings is 1. The van der Waals surface area contributed by atoms with Gasteiger partial charge in [-0.05, 0) is 11.3 Å². The Bertz CT molecular complexity index is 1750. The molecule has 5 rings (SSSR count). The van der Waals surface area contributed by atoms with Crippen LogP contribution in [-0.2, 0) is 41.6 Å². The highest BCUT2D eigenvalue weighted by atomic mass is 32.2. The zero-order valence-corrected chi connectivity index (χ0v) is 28.8. The zero-order chi connectivity index (χ0) is 37.4. The van der Waals surface area contributed by atoms with Gasteiger partial charge in [-0.15, -0.1) is 11.8 Å². The summed E-state index contributed by atoms with van der Waals surface area (Å²) in [6.45, 7) is -1.86. The van der Waals surface area contributed by atoms with Crippen molar-refractivity contribution in [3.8, 4) is 0 Å². The van der Waals surface area contributed by atoms with Gasteiger partial charge in [-0.25, -0.2) is 24.1 Å². The van der Waals surface area contributed by atoms with Crippen LogP contribution in [0.1, 0.15) is 12.6 Å². The van der Waals surface area contributed by atoms with Crippen molar-refractivity contribution in [2.45, 2.75) is 61.5 Å². The highest BCUT2D eigenvalue weighted by molar-refractivity contribution is 8.03. The number of aliphatic hydroxyl groups is 4. The van der Waals surface area contributed by atoms with E-state index in [1.54, 1.807) is 0 Å². The van der Waals surface area contributed by atoms with E-state index in [0.717, 1.165) is 18.1 Å². The number of carboxylic acids is 1. The first-order chi connectivity index (χ1) is 23.9. The largest absolute Gasteiger partial charge is 0.481 e. The summed E-state index contributed by atoms with van der Waals surface area (Å²) < 4.78 is 51.3. The van der Waals surface area contributed by atoms with Gasteiger partial charge in [0.1, 0.15) is 60.7 Å². The Morgan fingerprint density at radius 1 is 0.980 bits per heavy atom. The summed E-state index contributed by atoms with van der Waals surface area (Å²) in [6, 6.07) is -1.19. The smallest absolute Gasteiger partial charge is 0.480 e. The van der Waals surface area contributed by atoms with Crippen LogP contribution in [0, 0.1) is 0 Å². The molecule has 24 nitrogen and oxygen atoms in total. The van der Waals surface area contributed by atoms with E-state index in [-0.39, 0.29) is 47.8 Å². The number of phosphoric ester groups is 2. The Morgan fingerprint density at radius 2 is 1.57 bits per heavy atom. The van der Waals surface area contributed by atoms with E-state index in [1.165, 1.54) is 15.8 Å². The fraction of sp³-hybridized carbons (Fsp3) is 0.625. The maximum atomic E-state index is 12.6. The molecule has 0 saturated carbocycles. The van der Waals surface area contributed by atoms with E-state index >= 15 is 0 Å². The number of phosphoric acid groups is 2. The van der Waals surface area contributed by atoms with Crippen LogP contribution in [0.5, 0.6) is 0 Å². The minimum Gasteiger partial charge on any atom is -0.480 e. The zero-order valence-electron chi connectivity index (χ0n) is 26.2. The first-order valence-electron chi connectivity index (χ1n) is 14.9. The number of nitrogen functional groups attached to an aromatic ring is 1. The molecule has 1 amide bonds. The standard InChI is InChI=1S/C24H36N8O16P2S/c25-10(24(38)39)6-51-13-1-2-31(3-9(13)20(27)37)22-17(35)15(33)11(46-22)4-44-49(40,41)48-50(42,43)45-5-12-16(34)18(36)23(47-12)32-8-30-14-19(26)28-7-29-21(14)32/h7-8,10-12,15-18,22-23,33-36H,1-6,25H2,(H2,27,37)(H,38,39)(H,40,41)(H,42,43)(H2,26,28,29)/t10-,11+,12+,15+,16+,17+,18+,22+,23+/m0/s1. The number of nitrogens with two attached hydrogens (primary N) is 3. The van der Waals surface area contributed by atoms with Gasteiger partial charge in [0.15, 0.2) is 17.7 Å². The van der Waals surface area contributed by atoms with Crippen molar-refractivity contribution < 1.29 is 76.9 Å². The van der Waals surface area contributed by atoms with Gasteiger partial charge < -0.3 is 62.0 Å². The van der Waals surface area contributed by atoms with Gasteiger partial charge in [-0.3, -0.25) is 28.1 Å². The van der Waals surface area contributed by atoms with Crippen LogP contribution in [0.4, 0.5) is 5.82 Å². The second kappa shape index (κ2) is 15.7. The number of rotatable bonds is 15. The monoisotopic (exact) mass is 786 g/mol. The maximum Gasteiger partial charge on any atom is 0.481 e. The fourth-order valence-electron chi connectivity index (χ4n) is 5.45. The first-order valence-corrected chi connectivity index (χ1v) is 18.9. The summed E-state index contributed by atoms with van der Waals surface area (Å²) in [5, 5.41) is 51.2. The molecule has 51 heavy (non-hydrogen) atoms. The Labute approximate surface area is 291 Å². The average molecular weight is 787 g/mol. The third-order valence-electron chi connectivity index (χ3n) is 8.08. The Morgan fingerprint density at radius 3 is 2.16 bits per heavy atom. The SMILES string of the molecule is NC(=O)C1=C(SC[C@H](N)C(=O)O)CCN([C@@H]2O[C@H](COP(=O)(O)OP(=O)(O)OC[C@H]3O[C@@H](n4cnc5c(N)ncnc54)[C@H](O)[C@@H]3O)[C@@H](O)[C@H]2O)C1. The number of hydrogen-bond donors (Lipinski definition) is 10. The number of aliphatic carboxylic acids is 1. The number of thioether (sulfide) groups is 1. The molecule has 2 aromatic heterocycles. The van der Waals surface area contributed by atoms with Gasteiger partial charge in [0.25, 0.3) is 0 Å². The van der Waals surface area contributed by atoms with Gasteiger partial charge in [-0.2, -0.15) is 4.31 Å². The molecule has 2 saturated heterocycles. The molecule has 2 fully saturated rings. The molecule has 2 unspecified atom stereocenters. The van der Waals surface area contributed by atoms with Crippen LogP contribution in [0.15, 0.2) is 23.1 Å². The van der Waals surface area contributed by atoms with Crippen molar-refractivity contribution in [2.75, 3.05) is 37.8 Å². The predicted octanol–water partition coefficient (Wildman–Crippen LogP) is -3.68. The molecule has 3 aliphatic heterocycles. The second-order valence-corrected chi connectivity index (χ2v) is 15.7. The molecule has 0 spiro atoms. The number of fused-ring (bicyclic) bond motifs is 1. The molecule has 2 aromatic rings. The fourth-order valence-corrected chi connectivity index (χ4v) is 8.64. The number of aliphatic hydroxyl groups excluding tert-OH is 4. The molecule has 5 heterocycles. The van der Waals surface area contributed by atoms with E-state index < -0.39 is 95.9 Å². The minimum absolute atomic E-state index is 0.0342. The Kier molecular flexibility index (Phi) is 12.2. The number of primary amides is 1. The molecule has 11 atom stereocenters. The number of aromatic nitrogens is 4. The number of hydrogen-bond acceptors (Lipinski definition) is 20. The van der Waals surface area contributed by atoms with Crippen LogP contribution < -0.4 is 17.2 Å². The number of carboxylic acid groups (broad SMARTS) is 1. The van der Waals surface area contributed by atoms with Crippen molar-refractivity contribution in [3.05, 3.63) is 23.1 Å². The molecular formula is C24H36N8O16P2S. The summed E-state index contributed by atoms with van der Waals surface area (Å²) in [4.78, 5) is 57.2. The van der Waals surface area contributed by atoms with E-state index in [4.69, 9.17) is 40.8 Å². The van der Waals surface area contributed by atoms with Crippen molar-refractivity contribution in [1.29, 1.82) is 0 Å². The molecule has 0 bridgehead atoms. The lowest BCUT2D eigenvalue weighted by atomic mass is 10.1. The highest BCUT2D eigenvalue weighted by Crippen LogP contribution is 2.60. The number of nitrogens with zero attached hydrogens (tertiary/aromatic N) is 5. The number of ether oxygens (including phenoxy) is 2. The number of amides is 1. The lowest BCUT2D eigenvalue weighted by Gasteiger charge is -2.35. The van der Waals surface area contributed by atoms with Crippen LogP contribution in [-0.4, -0.2) is 153 Å². The van der Waals surface area contributed by atoms with Crippen LogP contribution >= 0.6 is 27.4 Å². The maximum absolute atomic E-state index is 12.6. The first kappa shape index (κ1) is 39.5. The quantitative estimate of drug-likeness (QED) is 0.0777. The molecule has 0 aromatic carbocycles. The molecule has 13 N–H and O–H groups in total.